The zero-order valence-electron chi connectivity index (χ0n) is 37.3. The van der Waals surface area contributed by atoms with Crippen LogP contribution in [0.25, 0.3) is 88.0 Å². The summed E-state index contributed by atoms with van der Waals surface area (Å²) in [5.74, 6) is 0. The molecule has 0 fully saturated rings. The van der Waals surface area contributed by atoms with Crippen LogP contribution < -0.4 is 4.90 Å². The smallest absolute Gasteiger partial charge is 0.0645 e. The quantitative estimate of drug-likeness (QED) is 0.139. The minimum atomic E-state index is -0.128. The second kappa shape index (κ2) is 15.6. The average Bonchev–Trinajstić information content (AvgIpc) is 3.37. The largest absolute Gasteiger partial charge is 0.310 e. The third-order valence-electron chi connectivity index (χ3n) is 11.7. The fraction of sp³-hybridized carbons (Fsp3) is 0. The van der Waals surface area contributed by atoms with Crippen LogP contribution in [0.15, 0.2) is 249 Å². The van der Waals surface area contributed by atoms with E-state index in [0.717, 1.165) is 66.4 Å². The minimum Gasteiger partial charge on any atom is -0.310 e. The molecule has 0 unspecified atom stereocenters. The monoisotopic (exact) mass is 779 g/mol. The van der Waals surface area contributed by atoms with E-state index in [-0.39, 0.29) is 35.4 Å². The summed E-state index contributed by atoms with van der Waals surface area (Å²) in [4.78, 5) is 1.90. The van der Waals surface area contributed by atoms with Gasteiger partial charge < -0.3 is 4.90 Å². The number of nitrogens with zero attached hydrogens (tertiary/aromatic N) is 1. The third-order valence-corrected chi connectivity index (χ3v) is 11.7. The standard InChI is InChI=1S/C60H41N/c1-2-12-42(13-3-1)43-24-26-48(27-25-43)59-21-8-9-23-60(59)61(54-37-32-45(33-38-54)50-34-39-58-52(41-50)29-28-47-15-5-7-20-56(47)58)53-35-30-44(31-36-53)49-17-10-18-51(40-49)57-22-11-16-46-14-4-6-19-55(46)57/h1-41H/i30D,31D,35D,36D. The Morgan fingerprint density at radius 1 is 0.262 bits per heavy atom. The molecule has 0 atom stereocenters. The molecule has 0 amide bonds. The summed E-state index contributed by atoms with van der Waals surface area (Å²) in [6, 6.07) is 76.1. The van der Waals surface area contributed by atoms with Gasteiger partial charge >= 0.3 is 0 Å². The molecular formula is C60H41N. The Morgan fingerprint density at radius 3 is 1.59 bits per heavy atom. The predicted molar refractivity (Wildman–Crippen MR) is 261 cm³/mol. The van der Waals surface area contributed by atoms with E-state index in [1.54, 1.807) is 0 Å². The van der Waals surface area contributed by atoms with Crippen molar-refractivity contribution in [2.45, 2.75) is 0 Å². The van der Waals surface area contributed by atoms with E-state index in [0.29, 0.717) is 11.3 Å². The van der Waals surface area contributed by atoms with Crippen LogP contribution in [0, 0.1) is 0 Å². The molecule has 0 radical (unpaired) electrons. The van der Waals surface area contributed by atoms with E-state index < -0.39 is 0 Å². The second-order valence-electron chi connectivity index (χ2n) is 15.4. The SMILES string of the molecule is [2H]c1c([2H])c(N(c2ccc(-c3ccc4c(ccc5ccccc54)c3)cc2)c2ccccc2-c2ccc(-c3ccccc3)cc2)c([2H])c([2H])c1-c1cccc(-c2cccc3ccccc23)c1. The minimum absolute atomic E-state index is 0.105. The van der Waals surface area contributed by atoms with Crippen molar-refractivity contribution in [2.24, 2.45) is 0 Å². The van der Waals surface area contributed by atoms with Gasteiger partial charge in [-0.05, 0) is 125 Å². The molecule has 0 aromatic heterocycles. The number of anilines is 3. The van der Waals surface area contributed by atoms with Crippen molar-refractivity contribution in [2.75, 3.05) is 4.90 Å². The lowest BCUT2D eigenvalue weighted by molar-refractivity contribution is 1.28. The van der Waals surface area contributed by atoms with Crippen molar-refractivity contribution in [1.82, 2.24) is 0 Å². The van der Waals surface area contributed by atoms with Gasteiger partial charge in [-0.15, -0.1) is 0 Å². The molecule has 0 N–H and O–H groups in total. The zero-order valence-corrected chi connectivity index (χ0v) is 33.3. The van der Waals surface area contributed by atoms with Crippen LogP contribution in [-0.2, 0) is 0 Å². The van der Waals surface area contributed by atoms with Gasteiger partial charge in [0.2, 0.25) is 0 Å². The maximum atomic E-state index is 9.75. The second-order valence-corrected chi connectivity index (χ2v) is 15.4. The normalized spacial score (nSPS) is 12.2. The van der Waals surface area contributed by atoms with Crippen LogP contribution in [0.4, 0.5) is 17.1 Å². The first-order valence-corrected chi connectivity index (χ1v) is 20.7. The van der Waals surface area contributed by atoms with Crippen molar-refractivity contribution >= 4 is 49.4 Å². The number of fused-ring (bicyclic) bond motifs is 4. The van der Waals surface area contributed by atoms with Gasteiger partial charge in [-0.2, -0.15) is 0 Å². The topological polar surface area (TPSA) is 3.24 Å². The van der Waals surface area contributed by atoms with Crippen LogP contribution in [-0.4, -0.2) is 0 Å². The molecule has 11 rings (SSSR count). The van der Waals surface area contributed by atoms with Crippen molar-refractivity contribution in [3.8, 4) is 55.6 Å². The predicted octanol–water partition coefficient (Wildman–Crippen LogP) is 17.0. The Bertz CT molecular complexity index is 3550. The van der Waals surface area contributed by atoms with E-state index in [1.165, 1.54) is 16.2 Å². The summed E-state index contributed by atoms with van der Waals surface area (Å²) in [7, 11) is 0. The van der Waals surface area contributed by atoms with Gasteiger partial charge in [0, 0.05) is 16.9 Å². The molecule has 0 aliphatic heterocycles. The molecule has 0 aliphatic rings. The summed E-state index contributed by atoms with van der Waals surface area (Å²) in [5.41, 5.74) is 10.6. The summed E-state index contributed by atoms with van der Waals surface area (Å²) >= 11 is 0. The number of hydrogen-bond donors (Lipinski definition) is 0. The van der Waals surface area contributed by atoms with Gasteiger partial charge in [0.05, 0.1) is 11.2 Å². The van der Waals surface area contributed by atoms with Crippen LogP contribution in [0.3, 0.4) is 0 Å². The summed E-state index contributed by atoms with van der Waals surface area (Å²) in [6.07, 6.45) is 0. The van der Waals surface area contributed by atoms with Gasteiger partial charge in [0.25, 0.3) is 0 Å². The molecule has 0 saturated carbocycles. The van der Waals surface area contributed by atoms with Crippen LogP contribution in [0.5, 0.6) is 0 Å². The molecule has 0 heterocycles. The molecule has 1 heteroatoms. The van der Waals surface area contributed by atoms with Gasteiger partial charge in [-0.3, -0.25) is 0 Å². The van der Waals surface area contributed by atoms with Gasteiger partial charge in [0.1, 0.15) is 0 Å². The van der Waals surface area contributed by atoms with Crippen LogP contribution >= 0.6 is 0 Å². The molecule has 1 nitrogen and oxygen atoms in total. The highest BCUT2D eigenvalue weighted by molar-refractivity contribution is 6.08. The first-order valence-electron chi connectivity index (χ1n) is 22.7. The average molecular weight is 780 g/mol. The molecule has 0 saturated heterocycles. The molecule has 11 aromatic carbocycles. The lowest BCUT2D eigenvalue weighted by atomic mass is 9.95. The number of para-hydroxylation sites is 1. The number of benzene rings is 11. The fourth-order valence-electron chi connectivity index (χ4n) is 8.65. The molecule has 0 bridgehead atoms. The Balaban J connectivity index is 1.05. The lowest BCUT2D eigenvalue weighted by Gasteiger charge is -2.28. The highest BCUT2D eigenvalue weighted by atomic mass is 15.1. The van der Waals surface area contributed by atoms with E-state index in [2.05, 4.69) is 133 Å². The van der Waals surface area contributed by atoms with Gasteiger partial charge in [-0.25, -0.2) is 0 Å². The fourth-order valence-corrected chi connectivity index (χ4v) is 8.65. The highest BCUT2D eigenvalue weighted by Crippen LogP contribution is 2.43. The third kappa shape index (κ3) is 6.93. The maximum Gasteiger partial charge on any atom is 0.0645 e. The van der Waals surface area contributed by atoms with Crippen LogP contribution in [0.1, 0.15) is 5.48 Å². The van der Waals surface area contributed by atoms with E-state index in [4.69, 9.17) is 0 Å². The molecule has 11 aromatic rings. The van der Waals surface area contributed by atoms with E-state index >= 15 is 0 Å². The molecular weight excluding hydrogens is 735 g/mol. The van der Waals surface area contributed by atoms with Gasteiger partial charge in [0.15, 0.2) is 0 Å². The summed E-state index contributed by atoms with van der Waals surface area (Å²) in [5, 5.41) is 7.02. The molecule has 61 heavy (non-hydrogen) atoms. The summed E-state index contributed by atoms with van der Waals surface area (Å²) < 4.78 is 38.7. The number of hydrogen-bond acceptors (Lipinski definition) is 1. The van der Waals surface area contributed by atoms with Crippen molar-refractivity contribution < 1.29 is 5.48 Å². The molecule has 0 spiro atoms. The highest BCUT2D eigenvalue weighted by Gasteiger charge is 2.18. The first kappa shape index (κ1) is 31.9. The molecule has 286 valence electrons. The van der Waals surface area contributed by atoms with Gasteiger partial charge in [-0.1, -0.05) is 206 Å². The summed E-state index contributed by atoms with van der Waals surface area (Å²) in [6.45, 7) is 0. The Morgan fingerprint density at radius 2 is 0.770 bits per heavy atom. The van der Waals surface area contributed by atoms with E-state index in [9.17, 15) is 5.48 Å². The zero-order chi connectivity index (χ0) is 44.0. The first-order chi connectivity index (χ1) is 31.9. The molecule has 0 aliphatic carbocycles. The Hall–Kier alpha value is -8.00. The lowest BCUT2D eigenvalue weighted by Crippen LogP contribution is -2.11. The van der Waals surface area contributed by atoms with Crippen molar-refractivity contribution in [3.63, 3.8) is 0 Å². The van der Waals surface area contributed by atoms with E-state index in [1.807, 2.05) is 95.9 Å². The van der Waals surface area contributed by atoms with Crippen molar-refractivity contribution in [3.05, 3.63) is 249 Å². The maximum absolute atomic E-state index is 9.75. The number of rotatable bonds is 8. The van der Waals surface area contributed by atoms with Crippen LogP contribution in [0.2, 0.25) is 0 Å². The Labute approximate surface area is 362 Å². The Kier molecular flexibility index (Phi) is 8.18. The van der Waals surface area contributed by atoms with Crippen molar-refractivity contribution in [1.29, 1.82) is 0 Å².